The highest BCUT2D eigenvalue weighted by Crippen LogP contribution is 2.23. The first-order valence-electron chi connectivity index (χ1n) is 7.77. The quantitative estimate of drug-likeness (QED) is 0.600. The van der Waals surface area contributed by atoms with Gasteiger partial charge in [0, 0.05) is 11.8 Å². The van der Waals surface area contributed by atoms with E-state index in [0.29, 0.717) is 11.2 Å². The zero-order valence-electron chi connectivity index (χ0n) is 12.2. The van der Waals surface area contributed by atoms with Gasteiger partial charge >= 0.3 is 0 Å². The largest absolute Gasteiger partial charge is 0.358 e. The van der Waals surface area contributed by atoms with Crippen molar-refractivity contribution >= 4 is 23.0 Å². The fourth-order valence-electron chi connectivity index (χ4n) is 3.07. The van der Waals surface area contributed by atoms with E-state index in [1.54, 1.807) is 0 Å². The Morgan fingerprint density at radius 3 is 2.47 bits per heavy atom. The molecule has 0 aromatic heterocycles. The van der Waals surface area contributed by atoms with Gasteiger partial charge in [0.05, 0.1) is 0 Å². The van der Waals surface area contributed by atoms with E-state index in [1.807, 2.05) is 0 Å². The highest BCUT2D eigenvalue weighted by atomic mass is 32.1. The van der Waals surface area contributed by atoms with Crippen LogP contribution in [0.1, 0.15) is 65.2 Å². The Morgan fingerprint density at radius 1 is 1.11 bits per heavy atom. The van der Waals surface area contributed by atoms with Crippen LogP contribution in [0, 0.1) is 11.8 Å². The molecule has 2 saturated carbocycles. The van der Waals surface area contributed by atoms with E-state index in [0.717, 1.165) is 24.7 Å². The monoisotopic (exact) mass is 281 g/mol. The van der Waals surface area contributed by atoms with Crippen LogP contribution in [0.5, 0.6) is 0 Å². The van der Waals surface area contributed by atoms with Gasteiger partial charge in [-0.05, 0) is 62.6 Å². The molecule has 0 aromatic rings. The van der Waals surface area contributed by atoms with Crippen molar-refractivity contribution in [2.45, 2.75) is 71.3 Å². The van der Waals surface area contributed by atoms with E-state index in [1.165, 1.54) is 44.2 Å². The summed E-state index contributed by atoms with van der Waals surface area (Å²) in [5, 5.41) is 8.60. The minimum Gasteiger partial charge on any atom is -0.358 e. The topological polar surface area (TPSA) is 36.4 Å². The minimum absolute atomic E-state index is 0.528. The highest BCUT2D eigenvalue weighted by molar-refractivity contribution is 7.80. The smallest absolute Gasteiger partial charge is 0.187 e. The first kappa shape index (κ1) is 14.8. The van der Waals surface area contributed by atoms with E-state index >= 15 is 0 Å². The molecular weight excluding hydrogens is 254 g/mol. The van der Waals surface area contributed by atoms with Crippen LogP contribution in [-0.4, -0.2) is 16.9 Å². The molecule has 2 N–H and O–H groups in total. The molecule has 108 valence electrons. The molecule has 0 aliphatic heterocycles. The molecule has 2 aliphatic carbocycles. The van der Waals surface area contributed by atoms with Crippen molar-refractivity contribution in [3.63, 3.8) is 0 Å². The SMILES string of the molecule is CC1CCC(=NNC(=S)N[C@@H]2CCCC[C@H]2C)CC1. The normalized spacial score (nSPS) is 31.7. The first-order valence-corrected chi connectivity index (χ1v) is 8.18. The van der Waals surface area contributed by atoms with Crippen LogP contribution in [0.2, 0.25) is 0 Å². The maximum atomic E-state index is 5.35. The summed E-state index contributed by atoms with van der Waals surface area (Å²) in [6.45, 7) is 4.63. The lowest BCUT2D eigenvalue weighted by molar-refractivity contribution is 0.308. The Hall–Kier alpha value is -0.640. The molecule has 0 amide bonds. The Labute approximate surface area is 122 Å². The number of thiocarbonyl (C=S) groups is 1. The highest BCUT2D eigenvalue weighted by Gasteiger charge is 2.21. The van der Waals surface area contributed by atoms with Crippen LogP contribution >= 0.6 is 12.2 Å². The standard InChI is InChI=1S/C15H27N3S/c1-11-7-9-13(10-8-11)17-18-15(19)16-14-6-4-3-5-12(14)2/h11-12,14H,3-10H2,1-2H3,(H2,16,18,19)/t11?,12-,14-/m1/s1. The Morgan fingerprint density at radius 2 is 1.79 bits per heavy atom. The molecule has 0 heterocycles. The maximum Gasteiger partial charge on any atom is 0.187 e. The van der Waals surface area contributed by atoms with Crippen LogP contribution < -0.4 is 10.7 Å². The van der Waals surface area contributed by atoms with E-state index in [-0.39, 0.29) is 0 Å². The number of hydrazone groups is 1. The molecule has 2 fully saturated rings. The average Bonchev–Trinajstić information content (AvgIpc) is 2.41. The zero-order chi connectivity index (χ0) is 13.7. The minimum atomic E-state index is 0.528. The lowest BCUT2D eigenvalue weighted by Crippen LogP contribution is -2.44. The second kappa shape index (κ2) is 7.22. The summed E-state index contributed by atoms with van der Waals surface area (Å²) in [6.07, 6.45) is 9.99. The predicted octanol–water partition coefficient (Wildman–Crippen LogP) is 3.60. The van der Waals surface area contributed by atoms with Crippen molar-refractivity contribution in [3.05, 3.63) is 0 Å². The third-order valence-corrected chi connectivity index (χ3v) is 4.80. The molecular formula is C15H27N3S. The molecule has 0 spiro atoms. The third-order valence-electron chi connectivity index (χ3n) is 4.59. The summed E-state index contributed by atoms with van der Waals surface area (Å²) in [6, 6.07) is 0.528. The Bertz CT molecular complexity index is 330. The molecule has 0 unspecified atom stereocenters. The summed E-state index contributed by atoms with van der Waals surface area (Å²) >= 11 is 5.35. The fourth-order valence-corrected chi connectivity index (χ4v) is 3.27. The van der Waals surface area contributed by atoms with Crippen molar-refractivity contribution in [1.29, 1.82) is 0 Å². The second-order valence-electron chi connectivity index (χ2n) is 6.31. The molecule has 0 saturated heterocycles. The molecule has 2 atom stereocenters. The number of nitrogens with one attached hydrogen (secondary N) is 2. The average molecular weight is 281 g/mol. The number of hydrogen-bond donors (Lipinski definition) is 2. The van der Waals surface area contributed by atoms with Gasteiger partial charge < -0.3 is 5.32 Å². The van der Waals surface area contributed by atoms with Crippen molar-refractivity contribution in [2.75, 3.05) is 0 Å². The number of rotatable bonds is 2. The summed E-state index contributed by atoms with van der Waals surface area (Å²) < 4.78 is 0. The molecule has 0 aromatic carbocycles. The van der Waals surface area contributed by atoms with E-state index < -0.39 is 0 Å². The second-order valence-corrected chi connectivity index (χ2v) is 6.72. The third kappa shape index (κ3) is 4.75. The van der Waals surface area contributed by atoms with Crippen molar-refractivity contribution in [2.24, 2.45) is 16.9 Å². The molecule has 3 nitrogen and oxygen atoms in total. The number of hydrogen-bond acceptors (Lipinski definition) is 2. The summed E-state index contributed by atoms with van der Waals surface area (Å²) in [7, 11) is 0. The van der Waals surface area contributed by atoms with Crippen LogP contribution in [0.25, 0.3) is 0 Å². The molecule has 4 heteroatoms. The Balaban J connectivity index is 1.73. The molecule has 2 rings (SSSR count). The van der Waals surface area contributed by atoms with E-state index in [4.69, 9.17) is 12.2 Å². The van der Waals surface area contributed by atoms with E-state index in [9.17, 15) is 0 Å². The predicted molar refractivity (Wildman–Crippen MR) is 85.4 cm³/mol. The van der Waals surface area contributed by atoms with Gasteiger partial charge in [-0.2, -0.15) is 5.10 Å². The van der Waals surface area contributed by atoms with Gasteiger partial charge in [-0.1, -0.05) is 26.7 Å². The van der Waals surface area contributed by atoms with Gasteiger partial charge in [0.15, 0.2) is 5.11 Å². The van der Waals surface area contributed by atoms with Gasteiger partial charge in [0.25, 0.3) is 0 Å². The van der Waals surface area contributed by atoms with Crippen molar-refractivity contribution in [1.82, 2.24) is 10.7 Å². The van der Waals surface area contributed by atoms with Gasteiger partial charge in [0.1, 0.15) is 0 Å². The zero-order valence-corrected chi connectivity index (χ0v) is 13.1. The number of nitrogens with zero attached hydrogens (tertiary/aromatic N) is 1. The summed E-state index contributed by atoms with van der Waals surface area (Å²) in [5.41, 5.74) is 4.32. The molecule has 0 bridgehead atoms. The van der Waals surface area contributed by atoms with E-state index in [2.05, 4.69) is 29.7 Å². The van der Waals surface area contributed by atoms with Crippen LogP contribution in [0.4, 0.5) is 0 Å². The maximum absolute atomic E-state index is 5.35. The summed E-state index contributed by atoms with van der Waals surface area (Å²) in [4.78, 5) is 0. The first-order chi connectivity index (χ1) is 9.15. The summed E-state index contributed by atoms with van der Waals surface area (Å²) in [5.74, 6) is 1.57. The van der Waals surface area contributed by atoms with Gasteiger partial charge in [-0.25, -0.2) is 0 Å². The van der Waals surface area contributed by atoms with Gasteiger partial charge in [-0.3, -0.25) is 5.43 Å². The van der Waals surface area contributed by atoms with Crippen LogP contribution in [0.15, 0.2) is 5.10 Å². The van der Waals surface area contributed by atoms with Gasteiger partial charge in [0.2, 0.25) is 0 Å². The molecule has 19 heavy (non-hydrogen) atoms. The lowest BCUT2D eigenvalue weighted by atomic mass is 9.86. The molecule has 2 aliphatic rings. The lowest BCUT2D eigenvalue weighted by Gasteiger charge is -2.30. The van der Waals surface area contributed by atoms with Crippen molar-refractivity contribution < 1.29 is 0 Å². The van der Waals surface area contributed by atoms with Crippen molar-refractivity contribution in [3.8, 4) is 0 Å². The Kier molecular flexibility index (Phi) is 5.61. The molecule has 0 radical (unpaired) electrons. The fraction of sp³-hybridized carbons (Fsp3) is 0.867. The van der Waals surface area contributed by atoms with Crippen LogP contribution in [-0.2, 0) is 0 Å². The van der Waals surface area contributed by atoms with Gasteiger partial charge in [-0.15, -0.1) is 0 Å². The van der Waals surface area contributed by atoms with Crippen LogP contribution in [0.3, 0.4) is 0 Å².